The second kappa shape index (κ2) is 6.99. The van der Waals surface area contributed by atoms with Gasteiger partial charge in [-0.1, -0.05) is 0 Å². The van der Waals surface area contributed by atoms with Crippen molar-refractivity contribution in [1.82, 2.24) is 5.32 Å². The van der Waals surface area contributed by atoms with E-state index in [4.69, 9.17) is 9.47 Å². The van der Waals surface area contributed by atoms with Crippen molar-refractivity contribution in [3.05, 3.63) is 22.2 Å². The highest BCUT2D eigenvalue weighted by Gasteiger charge is 2.40. The predicted octanol–water partition coefficient (Wildman–Crippen LogP) is 2.72. The van der Waals surface area contributed by atoms with Gasteiger partial charge in [0.05, 0.1) is 30.3 Å². The lowest BCUT2D eigenvalue weighted by molar-refractivity contribution is -0.173. The van der Waals surface area contributed by atoms with Gasteiger partial charge in [0.2, 0.25) is 0 Å². The van der Waals surface area contributed by atoms with E-state index >= 15 is 0 Å². The Morgan fingerprint density at radius 3 is 2.18 bits per heavy atom. The largest absolute Gasteiger partial charge is 0.496 e. The summed E-state index contributed by atoms with van der Waals surface area (Å²) >= 11 is 3.20. The summed E-state index contributed by atoms with van der Waals surface area (Å²) in [6.07, 6.45) is -5.06. The van der Waals surface area contributed by atoms with E-state index in [1.54, 1.807) is 5.32 Å². The van der Waals surface area contributed by atoms with E-state index in [1.165, 1.54) is 26.4 Å². The molecule has 0 bridgehead atoms. The Balaban J connectivity index is 3.09. The Kier molecular flexibility index (Phi) is 5.81. The normalized spacial score (nSPS) is 12.5. The molecule has 0 aromatic heterocycles. The van der Waals surface area contributed by atoms with Gasteiger partial charge in [-0.2, -0.15) is 13.2 Å². The van der Waals surface area contributed by atoms with Crippen LogP contribution in [-0.2, 0) is 4.79 Å². The quantitative estimate of drug-likeness (QED) is 0.794. The van der Waals surface area contributed by atoms with Crippen molar-refractivity contribution in [2.75, 3.05) is 14.2 Å². The first-order valence-electron chi connectivity index (χ1n) is 5.95. The fourth-order valence-corrected chi connectivity index (χ4v) is 2.11. The molecule has 1 unspecified atom stereocenters. The highest BCUT2D eigenvalue weighted by atomic mass is 79.9. The third-order valence-electron chi connectivity index (χ3n) is 2.74. The minimum Gasteiger partial charge on any atom is -0.496 e. The molecule has 1 aromatic carbocycles. The van der Waals surface area contributed by atoms with Crippen LogP contribution in [0.25, 0.3) is 0 Å². The summed E-state index contributed by atoms with van der Waals surface area (Å²) < 4.78 is 47.2. The van der Waals surface area contributed by atoms with Crippen molar-refractivity contribution in [3.63, 3.8) is 0 Å². The lowest BCUT2D eigenvalue weighted by atomic mass is 10.0. The van der Waals surface area contributed by atoms with Gasteiger partial charge in [0.25, 0.3) is 0 Å². The Morgan fingerprint density at radius 2 is 1.73 bits per heavy atom. The first-order chi connectivity index (χ1) is 10.1. The molecule has 122 valence electrons. The molecule has 0 fully saturated rings. The van der Waals surface area contributed by atoms with Crippen LogP contribution in [0.2, 0.25) is 0 Å². The number of hydrogen-bond donors (Lipinski definition) is 1. The lowest BCUT2D eigenvalue weighted by Gasteiger charge is -2.17. The molecule has 0 heterocycles. The van der Waals surface area contributed by atoms with Gasteiger partial charge in [-0.15, -0.1) is 0 Å². The fraction of sp³-hybridized carbons (Fsp3) is 0.385. The standard InChI is InChI=1S/C13H13BrF3NO4/c1-6(18-12(20)13(15,16)17)11(19)7-4-10(22-3)8(14)5-9(7)21-2/h4-6H,1-3H3,(H,18,20). The molecular weight excluding hydrogens is 371 g/mol. The molecule has 0 aliphatic carbocycles. The Labute approximate surface area is 132 Å². The van der Waals surface area contributed by atoms with E-state index in [2.05, 4.69) is 15.9 Å². The van der Waals surface area contributed by atoms with Crippen LogP contribution in [0.1, 0.15) is 17.3 Å². The summed E-state index contributed by atoms with van der Waals surface area (Å²) in [5.74, 6) is -2.47. The number of rotatable bonds is 5. The van der Waals surface area contributed by atoms with Crippen LogP contribution in [0.3, 0.4) is 0 Å². The van der Waals surface area contributed by atoms with E-state index in [-0.39, 0.29) is 11.3 Å². The van der Waals surface area contributed by atoms with Gasteiger partial charge in [-0.05, 0) is 35.0 Å². The molecule has 1 amide bonds. The summed E-state index contributed by atoms with van der Waals surface area (Å²) in [5, 5.41) is 1.60. The number of nitrogens with one attached hydrogen (secondary N) is 1. The predicted molar refractivity (Wildman–Crippen MR) is 75.2 cm³/mol. The molecule has 1 N–H and O–H groups in total. The number of carbonyl (C=O) groups excluding carboxylic acids is 2. The van der Waals surface area contributed by atoms with Gasteiger partial charge in [0.1, 0.15) is 11.5 Å². The maximum Gasteiger partial charge on any atom is 0.471 e. The van der Waals surface area contributed by atoms with Gasteiger partial charge in [-0.25, -0.2) is 0 Å². The van der Waals surface area contributed by atoms with Crippen LogP contribution < -0.4 is 14.8 Å². The smallest absolute Gasteiger partial charge is 0.471 e. The van der Waals surface area contributed by atoms with Gasteiger partial charge in [-0.3, -0.25) is 9.59 Å². The van der Waals surface area contributed by atoms with Crippen LogP contribution in [0.5, 0.6) is 11.5 Å². The molecule has 0 aliphatic heterocycles. The Hall–Kier alpha value is -1.77. The molecule has 0 saturated heterocycles. The van der Waals surface area contributed by atoms with Crippen molar-refractivity contribution in [3.8, 4) is 11.5 Å². The molecule has 0 saturated carbocycles. The van der Waals surface area contributed by atoms with Gasteiger partial charge < -0.3 is 14.8 Å². The summed E-state index contributed by atoms with van der Waals surface area (Å²) in [6, 6.07) is 1.39. The number of benzene rings is 1. The summed E-state index contributed by atoms with van der Waals surface area (Å²) in [5.41, 5.74) is -0.00229. The first-order valence-corrected chi connectivity index (χ1v) is 6.74. The van der Waals surface area contributed by atoms with Crippen LogP contribution in [0.15, 0.2) is 16.6 Å². The van der Waals surface area contributed by atoms with Crippen molar-refractivity contribution in [2.45, 2.75) is 19.1 Å². The van der Waals surface area contributed by atoms with Crippen LogP contribution in [0, 0.1) is 0 Å². The number of halogens is 4. The topological polar surface area (TPSA) is 64.6 Å². The highest BCUT2D eigenvalue weighted by Crippen LogP contribution is 2.33. The molecule has 22 heavy (non-hydrogen) atoms. The van der Waals surface area contributed by atoms with Crippen LogP contribution in [-0.4, -0.2) is 38.1 Å². The zero-order valence-corrected chi connectivity index (χ0v) is 13.5. The number of Topliss-reactive ketones (excluding diaryl/α,β-unsaturated/α-hetero) is 1. The van der Waals surface area contributed by atoms with Crippen molar-refractivity contribution in [1.29, 1.82) is 0 Å². The fourth-order valence-electron chi connectivity index (χ4n) is 1.63. The van der Waals surface area contributed by atoms with E-state index < -0.39 is 23.9 Å². The first kappa shape index (κ1) is 18.3. The second-order valence-electron chi connectivity index (χ2n) is 4.24. The maximum atomic E-state index is 12.2. The zero-order chi connectivity index (χ0) is 17.1. The highest BCUT2D eigenvalue weighted by molar-refractivity contribution is 9.10. The Bertz CT molecular complexity index is 589. The van der Waals surface area contributed by atoms with Crippen molar-refractivity contribution < 1.29 is 32.2 Å². The number of carbonyl (C=O) groups is 2. The molecule has 1 atom stereocenters. The molecule has 0 radical (unpaired) electrons. The number of hydrogen-bond acceptors (Lipinski definition) is 4. The molecule has 0 spiro atoms. The number of amides is 1. The Morgan fingerprint density at radius 1 is 1.18 bits per heavy atom. The number of methoxy groups -OCH3 is 2. The maximum absolute atomic E-state index is 12.2. The average molecular weight is 384 g/mol. The molecule has 5 nitrogen and oxygen atoms in total. The summed E-state index contributed by atoms with van der Waals surface area (Å²) in [7, 11) is 2.68. The monoisotopic (exact) mass is 383 g/mol. The molecular formula is C13H13BrF3NO4. The molecule has 1 rings (SSSR count). The number of ether oxygens (including phenoxy) is 2. The molecule has 1 aromatic rings. The average Bonchev–Trinajstić information content (AvgIpc) is 2.44. The van der Waals surface area contributed by atoms with E-state index in [1.807, 2.05) is 0 Å². The second-order valence-corrected chi connectivity index (χ2v) is 5.10. The van der Waals surface area contributed by atoms with Crippen LogP contribution in [0.4, 0.5) is 13.2 Å². The number of ketones is 1. The van der Waals surface area contributed by atoms with Gasteiger partial charge in [0, 0.05) is 0 Å². The van der Waals surface area contributed by atoms with Gasteiger partial charge in [0.15, 0.2) is 5.78 Å². The summed E-state index contributed by atoms with van der Waals surface area (Å²) in [4.78, 5) is 23.1. The van der Waals surface area contributed by atoms with E-state index in [9.17, 15) is 22.8 Å². The minimum absolute atomic E-state index is 0.00229. The van der Waals surface area contributed by atoms with Crippen molar-refractivity contribution in [2.24, 2.45) is 0 Å². The SMILES string of the molecule is COc1cc(C(=O)C(C)NC(=O)C(F)(F)F)c(OC)cc1Br. The van der Waals surface area contributed by atoms with E-state index in [0.29, 0.717) is 10.2 Å². The van der Waals surface area contributed by atoms with Crippen molar-refractivity contribution >= 4 is 27.6 Å². The third kappa shape index (κ3) is 4.12. The van der Waals surface area contributed by atoms with Gasteiger partial charge >= 0.3 is 12.1 Å². The minimum atomic E-state index is -5.06. The summed E-state index contributed by atoms with van der Waals surface area (Å²) in [6.45, 7) is 1.15. The lowest BCUT2D eigenvalue weighted by Crippen LogP contribution is -2.45. The molecule has 9 heteroatoms. The third-order valence-corrected chi connectivity index (χ3v) is 3.36. The molecule has 0 aliphatic rings. The van der Waals surface area contributed by atoms with E-state index in [0.717, 1.165) is 6.92 Å². The zero-order valence-electron chi connectivity index (χ0n) is 11.9. The van der Waals surface area contributed by atoms with Crippen LogP contribution >= 0.6 is 15.9 Å². The number of alkyl halides is 3.